The van der Waals surface area contributed by atoms with E-state index in [-0.39, 0.29) is 5.41 Å². The van der Waals surface area contributed by atoms with E-state index in [1.165, 1.54) is 38.5 Å². The van der Waals surface area contributed by atoms with Crippen molar-refractivity contribution in [3.8, 4) is 0 Å². The first kappa shape index (κ1) is 17.0. The molecule has 0 amide bonds. The first-order valence-corrected chi connectivity index (χ1v) is 9.54. The standard InChI is InChI=1S/C18H33N3O2/c1-2-23-16-13-15(18(16)9-11-22-12-10-18)21-17(19)20-14-7-5-3-4-6-8-14/h14-16H,2-13H2,1H3,(H3,19,20,21). The lowest BCUT2D eigenvalue weighted by Crippen LogP contribution is -2.60. The highest BCUT2D eigenvalue weighted by Gasteiger charge is 2.56. The molecule has 0 bridgehead atoms. The van der Waals surface area contributed by atoms with Crippen LogP contribution < -0.4 is 11.1 Å². The van der Waals surface area contributed by atoms with Crippen LogP contribution in [0.3, 0.4) is 0 Å². The third kappa shape index (κ3) is 3.82. The van der Waals surface area contributed by atoms with Gasteiger partial charge in [0.15, 0.2) is 5.96 Å². The molecule has 3 aliphatic rings. The molecule has 0 aromatic rings. The highest BCUT2D eigenvalue weighted by Crippen LogP contribution is 2.52. The topological polar surface area (TPSA) is 68.9 Å². The molecule has 5 nitrogen and oxygen atoms in total. The highest BCUT2D eigenvalue weighted by atomic mass is 16.5. The van der Waals surface area contributed by atoms with Gasteiger partial charge < -0.3 is 20.5 Å². The molecule has 2 aliphatic carbocycles. The van der Waals surface area contributed by atoms with Crippen LogP contribution in [0.4, 0.5) is 0 Å². The summed E-state index contributed by atoms with van der Waals surface area (Å²) in [5.74, 6) is 0.641. The Bertz CT molecular complexity index is 399. The van der Waals surface area contributed by atoms with E-state index in [1.807, 2.05) is 0 Å². The zero-order valence-electron chi connectivity index (χ0n) is 14.6. The summed E-state index contributed by atoms with van der Waals surface area (Å²) in [5.41, 5.74) is 6.40. The molecule has 3 N–H and O–H groups in total. The lowest BCUT2D eigenvalue weighted by atomic mass is 9.58. The predicted molar refractivity (Wildman–Crippen MR) is 92.6 cm³/mol. The fourth-order valence-electron chi connectivity index (χ4n) is 4.59. The van der Waals surface area contributed by atoms with Crippen LogP contribution >= 0.6 is 0 Å². The van der Waals surface area contributed by atoms with Crippen LogP contribution in [0.15, 0.2) is 4.99 Å². The van der Waals surface area contributed by atoms with E-state index in [1.54, 1.807) is 0 Å². The second kappa shape index (κ2) is 7.84. The summed E-state index contributed by atoms with van der Waals surface area (Å²) in [6, 6.07) is 0.802. The molecule has 2 atom stereocenters. The van der Waals surface area contributed by atoms with Gasteiger partial charge in [-0.3, -0.25) is 0 Å². The number of aliphatic imine (C=N–C) groups is 1. The van der Waals surface area contributed by atoms with Crippen molar-refractivity contribution in [3.63, 3.8) is 0 Å². The van der Waals surface area contributed by atoms with E-state index in [0.29, 0.717) is 24.1 Å². The average Bonchev–Trinajstić information content (AvgIpc) is 2.83. The summed E-state index contributed by atoms with van der Waals surface area (Å²) >= 11 is 0. The van der Waals surface area contributed by atoms with Gasteiger partial charge in [0.2, 0.25) is 0 Å². The first-order valence-electron chi connectivity index (χ1n) is 9.54. The van der Waals surface area contributed by atoms with Crippen molar-refractivity contribution in [1.29, 1.82) is 0 Å². The molecule has 132 valence electrons. The molecule has 1 saturated heterocycles. The van der Waals surface area contributed by atoms with Gasteiger partial charge in [0.25, 0.3) is 0 Å². The van der Waals surface area contributed by atoms with E-state index in [2.05, 4.69) is 12.2 Å². The van der Waals surface area contributed by atoms with Gasteiger partial charge in [0.1, 0.15) is 0 Å². The summed E-state index contributed by atoms with van der Waals surface area (Å²) in [6.45, 7) is 4.50. The van der Waals surface area contributed by atoms with Crippen LogP contribution in [0.25, 0.3) is 0 Å². The molecule has 1 spiro atoms. The minimum absolute atomic E-state index is 0.157. The molecular formula is C18H33N3O2. The number of nitrogens with zero attached hydrogens (tertiary/aromatic N) is 1. The lowest BCUT2D eigenvalue weighted by Gasteiger charge is -2.55. The fraction of sp³-hybridized carbons (Fsp3) is 0.944. The Morgan fingerprint density at radius 2 is 1.91 bits per heavy atom. The van der Waals surface area contributed by atoms with Crippen LogP contribution in [-0.4, -0.2) is 44.0 Å². The van der Waals surface area contributed by atoms with Crippen LogP contribution in [-0.2, 0) is 9.47 Å². The molecule has 5 heteroatoms. The van der Waals surface area contributed by atoms with Gasteiger partial charge in [-0.25, -0.2) is 4.99 Å². The molecule has 0 aromatic carbocycles. The number of ether oxygens (including phenoxy) is 2. The van der Waals surface area contributed by atoms with Gasteiger partial charge in [0, 0.05) is 31.3 Å². The smallest absolute Gasteiger partial charge is 0.189 e. The Morgan fingerprint density at radius 1 is 1.22 bits per heavy atom. The molecule has 0 aromatic heterocycles. The van der Waals surface area contributed by atoms with Crippen molar-refractivity contribution in [2.75, 3.05) is 19.8 Å². The van der Waals surface area contributed by atoms with Crippen molar-refractivity contribution in [2.24, 2.45) is 16.1 Å². The molecule has 1 heterocycles. The molecule has 2 saturated carbocycles. The normalized spacial score (nSPS) is 32.3. The summed E-state index contributed by atoms with van der Waals surface area (Å²) in [5, 5.41) is 3.48. The van der Waals surface area contributed by atoms with E-state index in [0.717, 1.165) is 39.1 Å². The van der Waals surface area contributed by atoms with Crippen molar-refractivity contribution in [1.82, 2.24) is 5.32 Å². The Kier molecular flexibility index (Phi) is 5.81. The minimum atomic E-state index is 0.157. The second-order valence-electron chi connectivity index (χ2n) is 7.39. The highest BCUT2D eigenvalue weighted by molar-refractivity contribution is 5.78. The summed E-state index contributed by atoms with van der Waals surface area (Å²) < 4.78 is 11.5. The molecule has 3 fully saturated rings. The lowest BCUT2D eigenvalue weighted by molar-refractivity contribution is -0.163. The number of nitrogens with one attached hydrogen (secondary N) is 1. The summed E-state index contributed by atoms with van der Waals surface area (Å²) in [7, 11) is 0. The quantitative estimate of drug-likeness (QED) is 0.474. The largest absolute Gasteiger partial charge is 0.381 e. The van der Waals surface area contributed by atoms with Crippen LogP contribution in [0.5, 0.6) is 0 Å². The average molecular weight is 323 g/mol. The SMILES string of the molecule is CCOC1CC(N=C(N)NC2CCCCCC2)C12CCOCC2. The van der Waals surface area contributed by atoms with Gasteiger partial charge in [-0.15, -0.1) is 0 Å². The molecule has 23 heavy (non-hydrogen) atoms. The van der Waals surface area contributed by atoms with E-state index in [9.17, 15) is 0 Å². The van der Waals surface area contributed by atoms with Crippen molar-refractivity contribution in [2.45, 2.75) is 82.9 Å². The van der Waals surface area contributed by atoms with E-state index >= 15 is 0 Å². The van der Waals surface area contributed by atoms with Crippen molar-refractivity contribution >= 4 is 5.96 Å². The van der Waals surface area contributed by atoms with E-state index < -0.39 is 0 Å². The maximum absolute atomic E-state index is 6.24. The molecular weight excluding hydrogens is 290 g/mol. The Morgan fingerprint density at radius 3 is 2.57 bits per heavy atom. The van der Waals surface area contributed by atoms with Crippen LogP contribution in [0.1, 0.15) is 64.7 Å². The number of rotatable bonds is 4. The van der Waals surface area contributed by atoms with Gasteiger partial charge in [0.05, 0.1) is 12.1 Å². The first-order chi connectivity index (χ1) is 11.2. The van der Waals surface area contributed by atoms with Gasteiger partial charge in [-0.2, -0.15) is 0 Å². The van der Waals surface area contributed by atoms with Crippen molar-refractivity contribution in [3.05, 3.63) is 0 Å². The number of guanidine groups is 1. The maximum Gasteiger partial charge on any atom is 0.189 e. The van der Waals surface area contributed by atoms with Crippen LogP contribution in [0.2, 0.25) is 0 Å². The van der Waals surface area contributed by atoms with Crippen LogP contribution in [0, 0.1) is 5.41 Å². The Balaban J connectivity index is 1.60. The minimum Gasteiger partial charge on any atom is -0.381 e. The molecule has 3 rings (SSSR count). The van der Waals surface area contributed by atoms with E-state index in [4.69, 9.17) is 20.2 Å². The summed E-state index contributed by atoms with van der Waals surface area (Å²) in [4.78, 5) is 4.86. The van der Waals surface area contributed by atoms with Gasteiger partial charge >= 0.3 is 0 Å². The third-order valence-corrected chi connectivity index (χ3v) is 6.04. The van der Waals surface area contributed by atoms with Gasteiger partial charge in [-0.05, 0) is 39.0 Å². The molecule has 1 aliphatic heterocycles. The second-order valence-corrected chi connectivity index (χ2v) is 7.39. The third-order valence-electron chi connectivity index (χ3n) is 6.04. The molecule has 0 radical (unpaired) electrons. The summed E-state index contributed by atoms with van der Waals surface area (Å²) in [6.07, 6.45) is 11.2. The number of hydrogen-bond donors (Lipinski definition) is 2. The molecule has 2 unspecified atom stereocenters. The number of hydrogen-bond acceptors (Lipinski definition) is 3. The zero-order chi connectivity index (χ0) is 16.1. The Labute approximate surface area is 140 Å². The number of nitrogens with two attached hydrogens (primary N) is 1. The maximum atomic E-state index is 6.24. The van der Waals surface area contributed by atoms with Crippen molar-refractivity contribution < 1.29 is 9.47 Å². The fourth-order valence-corrected chi connectivity index (χ4v) is 4.59. The predicted octanol–water partition coefficient (Wildman–Crippen LogP) is 2.59. The zero-order valence-corrected chi connectivity index (χ0v) is 14.6. The van der Waals surface area contributed by atoms with Gasteiger partial charge in [-0.1, -0.05) is 25.7 Å². The Hall–Kier alpha value is -0.810. The monoisotopic (exact) mass is 323 g/mol.